The summed E-state index contributed by atoms with van der Waals surface area (Å²) >= 11 is 0. The molecule has 0 atom stereocenters. The largest absolute Gasteiger partial charge is 0.493 e. The Morgan fingerprint density at radius 2 is 1.48 bits per heavy atom. The summed E-state index contributed by atoms with van der Waals surface area (Å²) in [7, 11) is 9.20. The van der Waals surface area contributed by atoms with Gasteiger partial charge < -0.3 is 28.4 Å². The Morgan fingerprint density at radius 1 is 0.828 bits per heavy atom. The van der Waals surface area contributed by atoms with E-state index in [0.29, 0.717) is 39.2 Å². The standard InChI is InChI=1S/C20H19NO6S2/c1-22-12-6-5-11(16-18(12)27-9-26-16)15-19(28-29-20(15)21)10-7-13(23-2)17(25-4)14(8-10)24-3/h5-8,21H,9H2,1-4H3. The fourth-order valence-electron chi connectivity index (χ4n) is 3.25. The third kappa shape index (κ3) is 3.16. The maximum Gasteiger partial charge on any atom is 0.231 e. The lowest BCUT2D eigenvalue weighted by Crippen LogP contribution is -1.99. The molecule has 0 bridgehead atoms. The summed E-state index contributed by atoms with van der Waals surface area (Å²) in [6.45, 7) is 0.114. The number of methoxy groups -OCH3 is 4. The summed E-state index contributed by atoms with van der Waals surface area (Å²) in [6, 6.07) is 7.47. The molecule has 0 saturated carbocycles. The van der Waals surface area contributed by atoms with E-state index < -0.39 is 0 Å². The van der Waals surface area contributed by atoms with Crippen LogP contribution >= 0.6 is 20.7 Å². The van der Waals surface area contributed by atoms with Gasteiger partial charge in [0.1, 0.15) is 4.67 Å². The van der Waals surface area contributed by atoms with E-state index >= 15 is 0 Å². The van der Waals surface area contributed by atoms with Crippen LogP contribution in [0.25, 0.3) is 21.6 Å². The van der Waals surface area contributed by atoms with E-state index in [0.717, 1.165) is 21.6 Å². The van der Waals surface area contributed by atoms with Gasteiger partial charge in [-0.15, -0.1) is 0 Å². The molecule has 1 aliphatic heterocycles. The number of ether oxygens (including phenoxy) is 6. The van der Waals surface area contributed by atoms with Crippen LogP contribution in [-0.4, -0.2) is 35.2 Å². The Hall–Kier alpha value is -2.91. The van der Waals surface area contributed by atoms with Crippen molar-refractivity contribution in [3.63, 3.8) is 0 Å². The summed E-state index contributed by atoms with van der Waals surface area (Å²) in [6.07, 6.45) is 0. The van der Waals surface area contributed by atoms with E-state index in [4.69, 9.17) is 33.8 Å². The third-order valence-electron chi connectivity index (χ3n) is 4.56. The van der Waals surface area contributed by atoms with Gasteiger partial charge in [-0.1, -0.05) is 20.7 Å². The molecule has 1 aromatic heterocycles. The maximum atomic E-state index is 8.53. The molecule has 3 aromatic rings. The fourth-order valence-corrected chi connectivity index (χ4v) is 5.57. The number of rotatable bonds is 6. The van der Waals surface area contributed by atoms with Crippen molar-refractivity contribution in [2.75, 3.05) is 35.2 Å². The molecule has 0 aliphatic carbocycles. The van der Waals surface area contributed by atoms with Crippen LogP contribution in [0.2, 0.25) is 0 Å². The van der Waals surface area contributed by atoms with Crippen molar-refractivity contribution in [3.8, 4) is 56.1 Å². The van der Waals surface area contributed by atoms with E-state index in [1.54, 1.807) is 28.4 Å². The third-order valence-corrected chi connectivity index (χ3v) is 6.87. The quantitative estimate of drug-likeness (QED) is 0.581. The normalized spacial score (nSPS) is 12.0. The highest BCUT2D eigenvalue weighted by atomic mass is 32.9. The van der Waals surface area contributed by atoms with Crippen molar-refractivity contribution in [3.05, 3.63) is 28.9 Å². The average Bonchev–Trinajstić information content (AvgIpc) is 3.39. The Bertz CT molecular complexity index is 1100. The van der Waals surface area contributed by atoms with Gasteiger partial charge in [0.05, 0.1) is 33.3 Å². The van der Waals surface area contributed by atoms with E-state index in [9.17, 15) is 0 Å². The molecule has 0 unspecified atom stereocenters. The highest BCUT2D eigenvalue weighted by molar-refractivity contribution is 7.70. The fraction of sp³-hybridized carbons (Fsp3) is 0.250. The van der Waals surface area contributed by atoms with Crippen LogP contribution < -0.4 is 33.1 Å². The smallest absolute Gasteiger partial charge is 0.231 e. The molecule has 0 radical (unpaired) electrons. The lowest BCUT2D eigenvalue weighted by atomic mass is 10.0. The van der Waals surface area contributed by atoms with Crippen LogP contribution in [0.15, 0.2) is 24.3 Å². The highest BCUT2D eigenvalue weighted by Gasteiger charge is 2.27. The summed E-state index contributed by atoms with van der Waals surface area (Å²) < 4.78 is 33.5. The number of nitrogens with one attached hydrogen (secondary N) is 1. The zero-order valence-corrected chi connectivity index (χ0v) is 17.9. The molecular weight excluding hydrogens is 414 g/mol. The minimum atomic E-state index is 0.114. The highest BCUT2D eigenvalue weighted by Crippen LogP contribution is 2.51. The molecular formula is C20H19NO6S2. The predicted octanol–water partition coefficient (Wildman–Crippen LogP) is 4.39. The maximum absolute atomic E-state index is 8.53. The van der Waals surface area contributed by atoms with E-state index in [1.807, 2.05) is 24.3 Å². The van der Waals surface area contributed by atoms with E-state index in [1.165, 1.54) is 20.7 Å². The second kappa shape index (κ2) is 7.84. The van der Waals surface area contributed by atoms with Crippen LogP contribution in [0.3, 0.4) is 0 Å². The van der Waals surface area contributed by atoms with Gasteiger partial charge in [-0.25, -0.2) is 0 Å². The summed E-state index contributed by atoms with van der Waals surface area (Å²) in [4.78, 5) is 0.905. The van der Waals surface area contributed by atoms with Gasteiger partial charge in [0, 0.05) is 16.7 Å². The second-order valence-electron chi connectivity index (χ2n) is 5.99. The minimum absolute atomic E-state index is 0.114. The first-order chi connectivity index (χ1) is 14.1. The van der Waals surface area contributed by atoms with Crippen molar-refractivity contribution in [2.24, 2.45) is 0 Å². The van der Waals surface area contributed by atoms with Gasteiger partial charge in [0.25, 0.3) is 0 Å². The topological polar surface area (TPSA) is 79.2 Å². The first-order valence-electron chi connectivity index (χ1n) is 8.58. The molecule has 0 fully saturated rings. The number of benzene rings is 2. The van der Waals surface area contributed by atoms with Crippen molar-refractivity contribution in [2.45, 2.75) is 0 Å². The monoisotopic (exact) mass is 433 g/mol. The van der Waals surface area contributed by atoms with Crippen LogP contribution in [-0.2, 0) is 0 Å². The molecule has 0 amide bonds. The van der Waals surface area contributed by atoms with Crippen molar-refractivity contribution < 1.29 is 28.4 Å². The van der Waals surface area contributed by atoms with Gasteiger partial charge in [0.15, 0.2) is 23.0 Å². The molecule has 1 aliphatic rings. The van der Waals surface area contributed by atoms with Gasteiger partial charge >= 0.3 is 0 Å². The second-order valence-corrected chi connectivity index (χ2v) is 8.14. The molecule has 4 rings (SSSR count). The van der Waals surface area contributed by atoms with Gasteiger partial charge in [0.2, 0.25) is 18.3 Å². The Kier molecular flexibility index (Phi) is 5.25. The van der Waals surface area contributed by atoms with Crippen LogP contribution in [0.1, 0.15) is 0 Å². The Balaban J connectivity index is 1.94. The number of hydrogen-bond donors (Lipinski definition) is 1. The molecule has 7 nitrogen and oxygen atoms in total. The first-order valence-corrected chi connectivity index (χ1v) is 10.7. The van der Waals surface area contributed by atoms with Crippen molar-refractivity contribution in [1.29, 1.82) is 5.41 Å². The molecule has 1 N–H and O–H groups in total. The molecule has 0 saturated heterocycles. The van der Waals surface area contributed by atoms with Gasteiger partial charge in [-0.05, 0) is 24.3 Å². The Morgan fingerprint density at radius 3 is 2.10 bits per heavy atom. The molecule has 9 heteroatoms. The van der Waals surface area contributed by atoms with Crippen LogP contribution in [0.5, 0.6) is 34.5 Å². The van der Waals surface area contributed by atoms with Crippen molar-refractivity contribution in [1.82, 2.24) is 0 Å². The van der Waals surface area contributed by atoms with E-state index in [2.05, 4.69) is 0 Å². The van der Waals surface area contributed by atoms with Crippen molar-refractivity contribution >= 4 is 20.7 Å². The molecule has 2 heterocycles. The molecule has 2 aromatic carbocycles. The summed E-state index contributed by atoms with van der Waals surface area (Å²) in [5, 5.41) is 8.53. The average molecular weight is 434 g/mol. The van der Waals surface area contributed by atoms with Crippen LogP contribution in [0.4, 0.5) is 0 Å². The minimum Gasteiger partial charge on any atom is -0.493 e. The lowest BCUT2D eigenvalue weighted by Gasteiger charge is -2.14. The zero-order valence-electron chi connectivity index (χ0n) is 16.3. The van der Waals surface area contributed by atoms with Crippen LogP contribution in [0, 0.1) is 5.41 Å². The molecule has 152 valence electrons. The number of hydrogen-bond acceptors (Lipinski definition) is 9. The lowest BCUT2D eigenvalue weighted by molar-refractivity contribution is 0.171. The Labute approximate surface area is 174 Å². The SMILES string of the molecule is COc1cc(-c2ssc(=N)c2-c2ccc(OC)c3c2OCO3)cc(OC)c1OC. The zero-order chi connectivity index (χ0) is 20.5. The first kappa shape index (κ1) is 19.4. The van der Waals surface area contributed by atoms with Gasteiger partial charge in [-0.3, -0.25) is 5.41 Å². The molecule has 0 spiro atoms. The van der Waals surface area contributed by atoms with E-state index in [-0.39, 0.29) is 6.79 Å². The number of fused-ring (bicyclic) bond motifs is 1. The summed E-state index contributed by atoms with van der Waals surface area (Å²) in [5.41, 5.74) is 2.40. The molecule has 29 heavy (non-hydrogen) atoms. The van der Waals surface area contributed by atoms with Gasteiger partial charge in [-0.2, -0.15) is 0 Å². The summed E-state index contributed by atoms with van der Waals surface area (Å²) in [5.74, 6) is 3.36. The predicted molar refractivity (Wildman–Crippen MR) is 111 cm³/mol.